The zero-order valence-electron chi connectivity index (χ0n) is 12.8. The molecule has 23 heavy (non-hydrogen) atoms. The zero-order valence-corrected chi connectivity index (χ0v) is 13.7. The van der Waals surface area contributed by atoms with Gasteiger partial charge in [-0.25, -0.2) is 4.98 Å². The van der Waals surface area contributed by atoms with Crippen molar-refractivity contribution in [1.82, 2.24) is 14.9 Å². The van der Waals surface area contributed by atoms with Crippen LogP contribution in [0.1, 0.15) is 12.2 Å². The van der Waals surface area contributed by atoms with Gasteiger partial charge in [0.15, 0.2) is 0 Å². The summed E-state index contributed by atoms with van der Waals surface area (Å²) in [5, 5.41) is 2.84. The highest BCUT2D eigenvalue weighted by molar-refractivity contribution is 7.80. The molecule has 2 aromatic carbocycles. The summed E-state index contributed by atoms with van der Waals surface area (Å²) >= 11 is 4.10. The number of carbonyl (C=O) groups is 1. The van der Waals surface area contributed by atoms with Crippen molar-refractivity contribution < 1.29 is 4.79 Å². The van der Waals surface area contributed by atoms with Crippen LogP contribution in [-0.4, -0.2) is 27.8 Å². The molecular weight excluding hydrogens is 306 g/mol. The summed E-state index contributed by atoms with van der Waals surface area (Å²) in [6, 6.07) is 18.2. The fraction of sp³-hybridized carbons (Fsp3) is 0.222. The number of hydrogen-bond acceptors (Lipinski definition) is 3. The predicted octanol–water partition coefficient (Wildman–Crippen LogP) is 3.00. The van der Waals surface area contributed by atoms with Gasteiger partial charge in [-0.15, -0.1) is 0 Å². The van der Waals surface area contributed by atoms with Crippen molar-refractivity contribution in [2.24, 2.45) is 0 Å². The number of hydrogen-bond donors (Lipinski definition) is 2. The van der Waals surface area contributed by atoms with E-state index in [0.717, 1.165) is 22.5 Å². The van der Waals surface area contributed by atoms with E-state index in [-0.39, 0.29) is 5.91 Å². The average Bonchev–Trinajstić information content (AvgIpc) is 2.97. The topological polar surface area (TPSA) is 46.9 Å². The number of para-hydroxylation sites is 3. The molecule has 1 N–H and O–H groups in total. The lowest BCUT2D eigenvalue weighted by molar-refractivity contribution is -0.120. The van der Waals surface area contributed by atoms with Crippen molar-refractivity contribution in [1.29, 1.82) is 0 Å². The maximum Gasteiger partial charge on any atom is 0.220 e. The van der Waals surface area contributed by atoms with Crippen LogP contribution >= 0.6 is 12.6 Å². The molecule has 3 rings (SSSR count). The van der Waals surface area contributed by atoms with E-state index in [4.69, 9.17) is 4.98 Å². The van der Waals surface area contributed by atoms with Crippen molar-refractivity contribution in [3.05, 3.63) is 60.4 Å². The first-order valence-electron chi connectivity index (χ1n) is 7.69. The molecule has 1 amide bonds. The minimum absolute atomic E-state index is 0.0331. The number of rotatable bonds is 6. The molecule has 0 fully saturated rings. The highest BCUT2D eigenvalue weighted by Gasteiger charge is 2.13. The van der Waals surface area contributed by atoms with Crippen molar-refractivity contribution in [2.75, 3.05) is 12.3 Å². The highest BCUT2D eigenvalue weighted by atomic mass is 32.1. The van der Waals surface area contributed by atoms with E-state index in [1.807, 2.05) is 36.4 Å². The van der Waals surface area contributed by atoms with Crippen LogP contribution in [-0.2, 0) is 11.2 Å². The second-order valence-corrected chi connectivity index (χ2v) is 5.71. The van der Waals surface area contributed by atoms with Crippen LogP contribution in [0.15, 0.2) is 54.6 Å². The average molecular weight is 325 g/mol. The Balaban J connectivity index is 1.92. The third-order valence-corrected chi connectivity index (χ3v) is 3.88. The second kappa shape index (κ2) is 7.33. The van der Waals surface area contributed by atoms with Gasteiger partial charge >= 0.3 is 0 Å². The first-order chi connectivity index (χ1) is 11.3. The van der Waals surface area contributed by atoms with E-state index in [1.54, 1.807) is 0 Å². The molecule has 1 aromatic heterocycles. The van der Waals surface area contributed by atoms with Gasteiger partial charge in [-0.1, -0.05) is 30.3 Å². The van der Waals surface area contributed by atoms with E-state index in [2.05, 4.69) is 40.7 Å². The molecule has 0 atom stereocenters. The monoisotopic (exact) mass is 325 g/mol. The number of fused-ring (bicyclic) bond motifs is 1. The van der Waals surface area contributed by atoms with Crippen molar-refractivity contribution in [2.45, 2.75) is 12.8 Å². The number of carbonyl (C=O) groups excluding carboxylic acids is 1. The predicted molar refractivity (Wildman–Crippen MR) is 96.3 cm³/mol. The number of amides is 1. The maximum atomic E-state index is 11.9. The van der Waals surface area contributed by atoms with Crippen LogP contribution in [0.25, 0.3) is 16.7 Å². The lowest BCUT2D eigenvalue weighted by Gasteiger charge is -2.09. The van der Waals surface area contributed by atoms with E-state index >= 15 is 0 Å². The molecule has 0 saturated carbocycles. The normalized spacial score (nSPS) is 10.8. The van der Waals surface area contributed by atoms with Crippen molar-refractivity contribution >= 4 is 29.6 Å². The minimum Gasteiger partial charge on any atom is -0.355 e. The Morgan fingerprint density at radius 2 is 1.83 bits per heavy atom. The van der Waals surface area contributed by atoms with Crippen LogP contribution in [0, 0.1) is 0 Å². The van der Waals surface area contributed by atoms with Crippen molar-refractivity contribution in [3.63, 3.8) is 0 Å². The van der Waals surface area contributed by atoms with E-state index in [0.29, 0.717) is 25.1 Å². The van der Waals surface area contributed by atoms with Gasteiger partial charge < -0.3 is 5.32 Å². The Bertz CT molecular complexity index is 798. The van der Waals surface area contributed by atoms with Crippen LogP contribution in [0.3, 0.4) is 0 Å². The smallest absolute Gasteiger partial charge is 0.220 e. The molecule has 0 aliphatic carbocycles. The summed E-state index contributed by atoms with van der Waals surface area (Å²) in [5.74, 6) is 1.58. The highest BCUT2D eigenvalue weighted by Crippen LogP contribution is 2.22. The lowest BCUT2D eigenvalue weighted by atomic mass is 10.2. The van der Waals surface area contributed by atoms with Gasteiger partial charge in [0.1, 0.15) is 5.82 Å². The quantitative estimate of drug-likeness (QED) is 0.685. The molecule has 1 heterocycles. The number of benzene rings is 2. The standard InChI is InChI=1S/C18H19N3OS/c22-18(19-12-13-23)11-10-17-20-15-8-4-5-9-16(15)21(17)14-6-2-1-3-7-14/h1-9,23H,10-13H2,(H,19,22). The molecule has 0 aliphatic heterocycles. The number of imidazole rings is 1. The van der Waals surface area contributed by atoms with Gasteiger partial charge in [-0.05, 0) is 24.3 Å². The van der Waals surface area contributed by atoms with E-state index < -0.39 is 0 Å². The number of thiol groups is 1. The maximum absolute atomic E-state index is 11.9. The SMILES string of the molecule is O=C(CCc1nc2ccccc2n1-c1ccccc1)NCCS. The Kier molecular flexibility index (Phi) is 4.98. The molecular formula is C18H19N3OS. The Morgan fingerprint density at radius 3 is 2.61 bits per heavy atom. The van der Waals surface area contributed by atoms with E-state index in [9.17, 15) is 4.79 Å². The fourth-order valence-electron chi connectivity index (χ4n) is 2.62. The third-order valence-electron chi connectivity index (χ3n) is 3.65. The van der Waals surface area contributed by atoms with Gasteiger partial charge in [0.2, 0.25) is 5.91 Å². The molecule has 0 unspecified atom stereocenters. The largest absolute Gasteiger partial charge is 0.355 e. The van der Waals surface area contributed by atoms with Gasteiger partial charge in [0, 0.05) is 30.8 Å². The number of aryl methyl sites for hydroxylation is 1. The van der Waals surface area contributed by atoms with Crippen LogP contribution in [0.5, 0.6) is 0 Å². The number of nitrogens with zero attached hydrogens (tertiary/aromatic N) is 2. The Hall–Kier alpha value is -2.27. The van der Waals surface area contributed by atoms with Gasteiger partial charge in [0.25, 0.3) is 0 Å². The summed E-state index contributed by atoms with van der Waals surface area (Å²) in [6.45, 7) is 0.594. The van der Waals surface area contributed by atoms with Gasteiger partial charge in [-0.3, -0.25) is 9.36 Å². The molecule has 0 spiro atoms. The van der Waals surface area contributed by atoms with Gasteiger partial charge in [-0.2, -0.15) is 12.6 Å². The zero-order chi connectivity index (χ0) is 16.1. The lowest BCUT2D eigenvalue weighted by Crippen LogP contribution is -2.25. The fourth-order valence-corrected chi connectivity index (χ4v) is 2.73. The summed E-state index contributed by atoms with van der Waals surface area (Å²) in [7, 11) is 0. The molecule has 4 nitrogen and oxygen atoms in total. The minimum atomic E-state index is 0.0331. The molecule has 0 bridgehead atoms. The first kappa shape index (κ1) is 15.6. The summed E-state index contributed by atoms with van der Waals surface area (Å²) < 4.78 is 2.13. The van der Waals surface area contributed by atoms with Crippen LogP contribution in [0.4, 0.5) is 0 Å². The van der Waals surface area contributed by atoms with Gasteiger partial charge in [0.05, 0.1) is 11.0 Å². The Morgan fingerprint density at radius 1 is 1.09 bits per heavy atom. The molecule has 3 aromatic rings. The number of nitrogens with one attached hydrogen (secondary N) is 1. The number of aromatic nitrogens is 2. The summed E-state index contributed by atoms with van der Waals surface area (Å²) in [6.07, 6.45) is 1.02. The first-order valence-corrected chi connectivity index (χ1v) is 8.32. The summed E-state index contributed by atoms with van der Waals surface area (Å²) in [4.78, 5) is 16.6. The molecule has 0 saturated heterocycles. The van der Waals surface area contributed by atoms with Crippen molar-refractivity contribution in [3.8, 4) is 5.69 Å². The molecule has 0 radical (unpaired) electrons. The third kappa shape index (κ3) is 3.56. The molecule has 0 aliphatic rings. The second-order valence-electron chi connectivity index (χ2n) is 5.26. The van der Waals surface area contributed by atoms with Crippen LogP contribution < -0.4 is 5.32 Å². The van der Waals surface area contributed by atoms with E-state index in [1.165, 1.54) is 0 Å². The summed E-state index contributed by atoms with van der Waals surface area (Å²) in [5.41, 5.74) is 3.07. The molecule has 118 valence electrons. The Labute approximate surface area is 141 Å². The van der Waals surface area contributed by atoms with Crippen LogP contribution in [0.2, 0.25) is 0 Å². The molecule has 5 heteroatoms.